The van der Waals surface area contributed by atoms with Crippen LogP contribution in [0.2, 0.25) is 0 Å². The van der Waals surface area contributed by atoms with Crippen LogP contribution >= 0.6 is 15.9 Å². The molecule has 1 atom stereocenters. The maximum atomic E-state index is 13.5. The lowest BCUT2D eigenvalue weighted by atomic mass is 9.94. The van der Waals surface area contributed by atoms with E-state index in [1.54, 1.807) is 19.1 Å². The van der Waals surface area contributed by atoms with E-state index in [9.17, 15) is 9.50 Å². The summed E-state index contributed by atoms with van der Waals surface area (Å²) < 4.78 is 14.3. The molecule has 0 heterocycles. The predicted molar refractivity (Wildman–Crippen MR) is 75.9 cm³/mol. The van der Waals surface area contributed by atoms with Gasteiger partial charge < -0.3 is 10.4 Å². The van der Waals surface area contributed by atoms with Gasteiger partial charge in [0, 0.05) is 23.1 Å². The summed E-state index contributed by atoms with van der Waals surface area (Å²) in [5, 5.41) is 13.2. The fourth-order valence-electron chi connectivity index (χ4n) is 2.10. The molecule has 0 saturated carbocycles. The van der Waals surface area contributed by atoms with Crippen LogP contribution in [0.15, 0.2) is 22.7 Å². The first-order valence-electron chi connectivity index (χ1n) is 6.17. The highest BCUT2D eigenvalue weighted by Crippen LogP contribution is 2.17. The molecule has 0 amide bonds. The Balaban J connectivity index is 2.48. The van der Waals surface area contributed by atoms with Crippen molar-refractivity contribution in [3.05, 3.63) is 34.1 Å². The van der Waals surface area contributed by atoms with Crippen molar-refractivity contribution in [1.29, 1.82) is 0 Å². The summed E-state index contributed by atoms with van der Waals surface area (Å²) >= 11 is 3.32. The molecule has 4 heteroatoms. The maximum absolute atomic E-state index is 13.5. The molecule has 1 unspecified atom stereocenters. The molecular formula is C14H21BrFNO. The van der Waals surface area contributed by atoms with Crippen LogP contribution in [0, 0.1) is 11.7 Å². The van der Waals surface area contributed by atoms with Gasteiger partial charge in [-0.15, -0.1) is 0 Å². The number of benzene rings is 1. The van der Waals surface area contributed by atoms with Crippen LogP contribution in [0.4, 0.5) is 4.39 Å². The van der Waals surface area contributed by atoms with E-state index in [4.69, 9.17) is 0 Å². The maximum Gasteiger partial charge on any atom is 0.127 e. The molecule has 1 aromatic carbocycles. The lowest BCUT2D eigenvalue weighted by Crippen LogP contribution is -2.38. The zero-order valence-electron chi connectivity index (χ0n) is 11.1. The van der Waals surface area contributed by atoms with Crippen molar-refractivity contribution < 1.29 is 9.50 Å². The summed E-state index contributed by atoms with van der Waals surface area (Å²) in [6.07, 6.45) is 0.723. The summed E-state index contributed by atoms with van der Waals surface area (Å²) in [5.74, 6) is 0.207. The van der Waals surface area contributed by atoms with Gasteiger partial charge in [0.1, 0.15) is 5.82 Å². The van der Waals surface area contributed by atoms with Gasteiger partial charge in [0.15, 0.2) is 0 Å². The molecule has 2 N–H and O–H groups in total. The molecule has 102 valence electrons. The molecule has 0 radical (unpaired) electrons. The van der Waals surface area contributed by atoms with Crippen molar-refractivity contribution in [3.63, 3.8) is 0 Å². The van der Waals surface area contributed by atoms with Crippen LogP contribution in [-0.4, -0.2) is 17.3 Å². The molecule has 2 nitrogen and oxygen atoms in total. The highest BCUT2D eigenvalue weighted by atomic mass is 79.9. The zero-order chi connectivity index (χ0) is 13.8. The molecule has 0 aliphatic rings. The van der Waals surface area contributed by atoms with E-state index < -0.39 is 5.60 Å². The molecule has 0 fully saturated rings. The van der Waals surface area contributed by atoms with Crippen LogP contribution in [-0.2, 0) is 6.54 Å². The average molecular weight is 318 g/mol. The summed E-state index contributed by atoms with van der Waals surface area (Å²) in [4.78, 5) is 0. The first kappa shape index (κ1) is 15.6. The van der Waals surface area contributed by atoms with Crippen LogP contribution in [0.1, 0.15) is 32.8 Å². The number of aliphatic hydroxyl groups is 1. The fourth-order valence-corrected chi connectivity index (χ4v) is 2.51. The van der Waals surface area contributed by atoms with E-state index in [2.05, 4.69) is 35.1 Å². The summed E-state index contributed by atoms with van der Waals surface area (Å²) in [6, 6.07) is 4.86. The van der Waals surface area contributed by atoms with E-state index in [-0.39, 0.29) is 5.82 Å². The number of hydrogen-bond donors (Lipinski definition) is 2. The lowest BCUT2D eigenvalue weighted by Gasteiger charge is -2.25. The fraction of sp³-hybridized carbons (Fsp3) is 0.571. The highest BCUT2D eigenvalue weighted by Gasteiger charge is 2.21. The Kier molecular flexibility index (Phi) is 5.76. The van der Waals surface area contributed by atoms with E-state index in [0.29, 0.717) is 24.6 Å². The van der Waals surface area contributed by atoms with Gasteiger partial charge in [-0.2, -0.15) is 0 Å². The van der Waals surface area contributed by atoms with Crippen molar-refractivity contribution in [2.45, 2.75) is 39.3 Å². The van der Waals surface area contributed by atoms with E-state index >= 15 is 0 Å². The molecule has 18 heavy (non-hydrogen) atoms. The second-order valence-corrected chi connectivity index (χ2v) is 6.35. The molecule has 0 aliphatic carbocycles. The zero-order valence-corrected chi connectivity index (χ0v) is 12.7. The molecule has 1 aromatic rings. The first-order chi connectivity index (χ1) is 8.30. The minimum Gasteiger partial charge on any atom is -0.389 e. The van der Waals surface area contributed by atoms with E-state index in [1.807, 2.05) is 0 Å². The van der Waals surface area contributed by atoms with Gasteiger partial charge in [0.25, 0.3) is 0 Å². The molecular weight excluding hydrogens is 297 g/mol. The molecule has 0 bridgehead atoms. The molecule has 0 aromatic heterocycles. The SMILES string of the molecule is CC(C)CC(C)(O)CNCc1cc(Br)ccc1F. The Bertz CT molecular complexity index is 393. The average Bonchev–Trinajstić information content (AvgIpc) is 2.21. The Labute approximate surface area is 117 Å². The summed E-state index contributed by atoms with van der Waals surface area (Å²) in [7, 11) is 0. The number of hydrogen-bond acceptors (Lipinski definition) is 2. The molecule has 0 spiro atoms. The van der Waals surface area contributed by atoms with Crippen molar-refractivity contribution in [2.75, 3.05) is 6.54 Å². The monoisotopic (exact) mass is 317 g/mol. The van der Waals surface area contributed by atoms with Crippen molar-refractivity contribution in [1.82, 2.24) is 5.32 Å². The summed E-state index contributed by atoms with van der Waals surface area (Å²) in [5.41, 5.74) is -0.152. The van der Waals surface area contributed by atoms with Crippen LogP contribution in [0.25, 0.3) is 0 Å². The molecule has 1 rings (SSSR count). The molecule has 0 aliphatic heterocycles. The first-order valence-corrected chi connectivity index (χ1v) is 6.96. The molecule has 0 saturated heterocycles. The second kappa shape index (κ2) is 6.64. The van der Waals surface area contributed by atoms with Crippen LogP contribution < -0.4 is 5.32 Å². The third-order valence-electron chi connectivity index (χ3n) is 2.68. The second-order valence-electron chi connectivity index (χ2n) is 5.43. The Hall–Kier alpha value is -0.450. The van der Waals surface area contributed by atoms with Crippen molar-refractivity contribution in [2.24, 2.45) is 5.92 Å². The number of nitrogens with one attached hydrogen (secondary N) is 1. The van der Waals surface area contributed by atoms with E-state index in [1.165, 1.54) is 6.07 Å². The quantitative estimate of drug-likeness (QED) is 0.842. The normalized spacial score (nSPS) is 14.8. The van der Waals surface area contributed by atoms with Crippen molar-refractivity contribution in [3.8, 4) is 0 Å². The van der Waals surface area contributed by atoms with Gasteiger partial charge >= 0.3 is 0 Å². The van der Waals surface area contributed by atoms with Gasteiger partial charge in [-0.25, -0.2) is 4.39 Å². The number of halogens is 2. The Morgan fingerprint density at radius 2 is 2.11 bits per heavy atom. The largest absolute Gasteiger partial charge is 0.389 e. The highest BCUT2D eigenvalue weighted by molar-refractivity contribution is 9.10. The van der Waals surface area contributed by atoms with Gasteiger partial charge in [-0.05, 0) is 37.5 Å². The smallest absolute Gasteiger partial charge is 0.127 e. The Morgan fingerprint density at radius 3 is 2.72 bits per heavy atom. The summed E-state index contributed by atoms with van der Waals surface area (Å²) in [6.45, 7) is 6.82. The Morgan fingerprint density at radius 1 is 1.44 bits per heavy atom. The van der Waals surface area contributed by atoms with E-state index in [0.717, 1.165) is 10.9 Å². The number of rotatable bonds is 6. The lowest BCUT2D eigenvalue weighted by molar-refractivity contribution is 0.0382. The van der Waals surface area contributed by atoms with Gasteiger partial charge in [-0.1, -0.05) is 29.8 Å². The van der Waals surface area contributed by atoms with Crippen LogP contribution in [0.3, 0.4) is 0 Å². The van der Waals surface area contributed by atoms with Crippen LogP contribution in [0.5, 0.6) is 0 Å². The minimum atomic E-state index is -0.753. The third-order valence-corrected chi connectivity index (χ3v) is 3.17. The van der Waals surface area contributed by atoms with Gasteiger partial charge in [-0.3, -0.25) is 0 Å². The topological polar surface area (TPSA) is 32.3 Å². The van der Waals surface area contributed by atoms with Crippen molar-refractivity contribution >= 4 is 15.9 Å². The third kappa shape index (κ3) is 5.46. The van der Waals surface area contributed by atoms with Gasteiger partial charge in [0.05, 0.1) is 5.60 Å². The standard InChI is InChI=1S/C14H21BrFNO/c1-10(2)7-14(3,18)9-17-8-11-6-12(15)4-5-13(11)16/h4-6,10,17-18H,7-9H2,1-3H3. The minimum absolute atomic E-state index is 0.228. The predicted octanol–water partition coefficient (Wildman–Crippen LogP) is 3.47. The van der Waals surface area contributed by atoms with Gasteiger partial charge in [0.2, 0.25) is 0 Å².